The number of rotatable bonds is 3. The van der Waals surface area contributed by atoms with Gasteiger partial charge in [0.1, 0.15) is 0 Å². The number of hydrogen-bond donors (Lipinski definition) is 2. The SMILES string of the molecule is O=C(Nc1ccccc1)C1(CO)CO1. The molecule has 1 heterocycles. The molecule has 1 fully saturated rings. The van der Waals surface area contributed by atoms with Gasteiger partial charge >= 0.3 is 0 Å². The van der Waals surface area contributed by atoms with E-state index in [1.165, 1.54) is 0 Å². The van der Waals surface area contributed by atoms with Gasteiger partial charge in [0.2, 0.25) is 0 Å². The van der Waals surface area contributed by atoms with Gasteiger partial charge in [-0.05, 0) is 12.1 Å². The molecule has 0 aromatic heterocycles. The zero-order valence-electron chi connectivity index (χ0n) is 7.56. The van der Waals surface area contributed by atoms with E-state index in [1.54, 1.807) is 12.1 Å². The quantitative estimate of drug-likeness (QED) is 0.682. The molecule has 74 valence electrons. The molecule has 1 saturated heterocycles. The number of amides is 1. The van der Waals surface area contributed by atoms with Crippen LogP contribution in [0.3, 0.4) is 0 Å². The van der Waals surface area contributed by atoms with Gasteiger partial charge in [-0.2, -0.15) is 0 Å². The Morgan fingerprint density at radius 2 is 2.14 bits per heavy atom. The van der Waals surface area contributed by atoms with E-state index in [0.29, 0.717) is 12.3 Å². The standard InChI is InChI=1S/C10H11NO3/c12-6-10(7-14-10)9(13)11-8-4-2-1-3-5-8/h1-5,12H,6-7H2,(H,11,13). The van der Waals surface area contributed by atoms with Crippen LogP contribution in [0.5, 0.6) is 0 Å². The summed E-state index contributed by atoms with van der Waals surface area (Å²) in [5, 5.41) is 11.6. The fraction of sp³-hybridized carbons (Fsp3) is 0.300. The first-order valence-corrected chi connectivity index (χ1v) is 4.38. The predicted octanol–water partition coefficient (Wildman–Crippen LogP) is 0.386. The van der Waals surface area contributed by atoms with Gasteiger partial charge in [0, 0.05) is 5.69 Å². The topological polar surface area (TPSA) is 61.9 Å². The largest absolute Gasteiger partial charge is 0.393 e. The van der Waals surface area contributed by atoms with Gasteiger partial charge in [-0.1, -0.05) is 18.2 Å². The van der Waals surface area contributed by atoms with Gasteiger partial charge < -0.3 is 15.2 Å². The van der Waals surface area contributed by atoms with Crippen molar-refractivity contribution in [3.05, 3.63) is 30.3 Å². The van der Waals surface area contributed by atoms with Crippen LogP contribution < -0.4 is 5.32 Å². The number of hydrogen-bond acceptors (Lipinski definition) is 3. The van der Waals surface area contributed by atoms with Crippen molar-refractivity contribution in [2.75, 3.05) is 18.5 Å². The zero-order chi connectivity index (χ0) is 10.0. The fourth-order valence-corrected chi connectivity index (χ4v) is 1.15. The average molecular weight is 193 g/mol. The number of para-hydroxylation sites is 1. The Kier molecular flexibility index (Phi) is 2.23. The van der Waals surface area contributed by atoms with Crippen molar-refractivity contribution in [3.8, 4) is 0 Å². The molecule has 0 saturated carbocycles. The van der Waals surface area contributed by atoms with E-state index >= 15 is 0 Å². The molecule has 1 unspecified atom stereocenters. The molecule has 1 aliphatic rings. The third-order valence-electron chi connectivity index (χ3n) is 2.19. The van der Waals surface area contributed by atoms with Crippen molar-refractivity contribution in [1.82, 2.24) is 0 Å². The number of epoxide rings is 1. The third-order valence-corrected chi connectivity index (χ3v) is 2.19. The third kappa shape index (κ3) is 1.62. The lowest BCUT2D eigenvalue weighted by Gasteiger charge is -2.08. The van der Waals surface area contributed by atoms with E-state index in [0.717, 1.165) is 0 Å². The van der Waals surface area contributed by atoms with Crippen molar-refractivity contribution < 1.29 is 14.6 Å². The second kappa shape index (κ2) is 3.40. The monoisotopic (exact) mass is 193 g/mol. The van der Waals surface area contributed by atoms with E-state index in [4.69, 9.17) is 9.84 Å². The van der Waals surface area contributed by atoms with Gasteiger partial charge in [-0.15, -0.1) is 0 Å². The molecule has 1 amide bonds. The minimum atomic E-state index is -0.990. The first kappa shape index (κ1) is 9.18. The average Bonchev–Trinajstić information content (AvgIpc) is 3.00. The predicted molar refractivity (Wildman–Crippen MR) is 50.8 cm³/mol. The molecule has 1 atom stereocenters. The molecule has 0 aliphatic carbocycles. The summed E-state index contributed by atoms with van der Waals surface area (Å²) in [6.07, 6.45) is 0. The highest BCUT2D eigenvalue weighted by molar-refractivity contribution is 5.99. The Morgan fingerprint density at radius 1 is 1.50 bits per heavy atom. The van der Waals surface area contributed by atoms with Crippen LogP contribution in [0, 0.1) is 0 Å². The van der Waals surface area contributed by atoms with E-state index in [2.05, 4.69) is 5.32 Å². The smallest absolute Gasteiger partial charge is 0.261 e. The number of ether oxygens (including phenoxy) is 1. The molecule has 0 spiro atoms. The summed E-state index contributed by atoms with van der Waals surface area (Å²) < 4.78 is 4.92. The maximum atomic E-state index is 11.5. The van der Waals surface area contributed by atoms with Crippen LogP contribution in [-0.2, 0) is 9.53 Å². The minimum Gasteiger partial charge on any atom is -0.393 e. The molecule has 14 heavy (non-hydrogen) atoms. The summed E-state index contributed by atoms with van der Waals surface area (Å²) in [6.45, 7) is 0.0217. The van der Waals surface area contributed by atoms with Crippen LogP contribution in [0.25, 0.3) is 0 Å². The first-order valence-electron chi connectivity index (χ1n) is 4.38. The Bertz CT molecular complexity index is 332. The highest BCUT2D eigenvalue weighted by Crippen LogP contribution is 2.27. The number of nitrogens with one attached hydrogen (secondary N) is 1. The van der Waals surface area contributed by atoms with Crippen LogP contribution in [0.15, 0.2) is 30.3 Å². The van der Waals surface area contributed by atoms with Gasteiger partial charge in [0.05, 0.1) is 13.2 Å². The Morgan fingerprint density at radius 3 is 2.64 bits per heavy atom. The molecule has 4 heteroatoms. The van der Waals surface area contributed by atoms with Gasteiger partial charge in [0.25, 0.3) is 5.91 Å². The van der Waals surface area contributed by atoms with Gasteiger partial charge in [0.15, 0.2) is 5.60 Å². The molecule has 2 rings (SSSR count). The summed E-state index contributed by atoms with van der Waals surface area (Å²) in [5.74, 6) is -0.286. The number of anilines is 1. The second-order valence-corrected chi connectivity index (χ2v) is 3.26. The molecule has 0 radical (unpaired) electrons. The van der Waals surface area contributed by atoms with E-state index < -0.39 is 5.60 Å². The summed E-state index contributed by atoms with van der Waals surface area (Å²) in [5.41, 5.74) is -0.281. The van der Waals surface area contributed by atoms with Crippen molar-refractivity contribution in [3.63, 3.8) is 0 Å². The summed E-state index contributed by atoms with van der Waals surface area (Å²) in [7, 11) is 0. The summed E-state index contributed by atoms with van der Waals surface area (Å²) in [4.78, 5) is 11.5. The lowest BCUT2D eigenvalue weighted by atomic mass is 10.1. The van der Waals surface area contributed by atoms with E-state index in [1.807, 2.05) is 18.2 Å². The minimum absolute atomic E-state index is 0.272. The van der Waals surface area contributed by atoms with Gasteiger partial charge in [-0.3, -0.25) is 4.79 Å². The lowest BCUT2D eigenvalue weighted by molar-refractivity contribution is -0.122. The summed E-state index contributed by atoms with van der Waals surface area (Å²) >= 11 is 0. The van der Waals surface area contributed by atoms with Crippen LogP contribution in [0.4, 0.5) is 5.69 Å². The Hall–Kier alpha value is -1.39. The van der Waals surface area contributed by atoms with Crippen molar-refractivity contribution in [1.29, 1.82) is 0 Å². The normalized spacial score (nSPS) is 24.4. The number of carbonyl (C=O) groups is 1. The molecule has 0 bridgehead atoms. The second-order valence-electron chi connectivity index (χ2n) is 3.26. The Balaban J connectivity index is 2.02. The molecule has 1 aliphatic heterocycles. The van der Waals surface area contributed by atoms with E-state index in [-0.39, 0.29) is 12.5 Å². The van der Waals surface area contributed by atoms with Crippen molar-refractivity contribution >= 4 is 11.6 Å². The number of benzene rings is 1. The number of carbonyl (C=O) groups excluding carboxylic acids is 1. The molecule has 4 nitrogen and oxygen atoms in total. The lowest BCUT2D eigenvalue weighted by Crippen LogP contribution is -2.34. The van der Waals surface area contributed by atoms with Crippen molar-refractivity contribution in [2.24, 2.45) is 0 Å². The maximum absolute atomic E-state index is 11.5. The van der Waals surface area contributed by atoms with Crippen LogP contribution in [0.2, 0.25) is 0 Å². The van der Waals surface area contributed by atoms with Crippen molar-refractivity contribution in [2.45, 2.75) is 5.60 Å². The molecular formula is C10H11NO3. The van der Waals surface area contributed by atoms with Gasteiger partial charge in [-0.25, -0.2) is 0 Å². The maximum Gasteiger partial charge on any atom is 0.261 e. The van der Waals surface area contributed by atoms with E-state index in [9.17, 15) is 4.79 Å². The summed E-state index contributed by atoms with van der Waals surface area (Å²) in [6, 6.07) is 9.09. The highest BCUT2D eigenvalue weighted by atomic mass is 16.6. The van der Waals surface area contributed by atoms with Crippen LogP contribution in [0.1, 0.15) is 0 Å². The molecular weight excluding hydrogens is 182 g/mol. The highest BCUT2D eigenvalue weighted by Gasteiger charge is 2.51. The number of aliphatic hydroxyl groups is 1. The molecule has 2 N–H and O–H groups in total. The molecule has 1 aromatic rings. The first-order chi connectivity index (χ1) is 6.77. The Labute approximate surface area is 81.5 Å². The molecule has 1 aromatic carbocycles. The number of aliphatic hydroxyl groups excluding tert-OH is 1. The van der Waals surface area contributed by atoms with Crippen LogP contribution in [-0.4, -0.2) is 29.8 Å². The fourth-order valence-electron chi connectivity index (χ4n) is 1.15. The zero-order valence-corrected chi connectivity index (χ0v) is 7.56. The van der Waals surface area contributed by atoms with Crippen LogP contribution >= 0.6 is 0 Å².